The second kappa shape index (κ2) is 6.06. The van der Waals surface area contributed by atoms with Crippen LogP contribution in [0.5, 0.6) is 0 Å². The standard InChI is InChI=1S/C15H17ClN2S/c16-13-3-1-2-12(10-13)15-5-4-14(19-15)11-18-8-6-17-7-9-18/h1-5,10,17H,6-9,11H2. The quantitative estimate of drug-likeness (QED) is 0.932. The Morgan fingerprint density at radius 1 is 1.16 bits per heavy atom. The fraction of sp³-hybridized carbons (Fsp3) is 0.333. The molecule has 2 aromatic rings. The number of hydrogen-bond donors (Lipinski definition) is 1. The van der Waals surface area contributed by atoms with Crippen LogP contribution in [0.2, 0.25) is 5.02 Å². The molecule has 0 bridgehead atoms. The number of hydrogen-bond acceptors (Lipinski definition) is 3. The summed E-state index contributed by atoms with van der Waals surface area (Å²) in [6.45, 7) is 5.56. The molecule has 4 heteroatoms. The molecule has 2 nitrogen and oxygen atoms in total. The van der Waals surface area contributed by atoms with Crippen LogP contribution in [-0.2, 0) is 6.54 Å². The van der Waals surface area contributed by atoms with Crippen LogP contribution < -0.4 is 5.32 Å². The number of benzene rings is 1. The lowest BCUT2D eigenvalue weighted by molar-refractivity contribution is 0.235. The van der Waals surface area contributed by atoms with Crippen LogP contribution in [0.1, 0.15) is 4.88 Å². The molecule has 0 saturated carbocycles. The van der Waals surface area contributed by atoms with Crippen molar-refractivity contribution in [2.45, 2.75) is 6.54 Å². The molecule has 2 heterocycles. The van der Waals surface area contributed by atoms with E-state index in [0.717, 1.165) is 37.7 Å². The molecule has 0 radical (unpaired) electrons. The lowest BCUT2D eigenvalue weighted by Gasteiger charge is -2.26. The summed E-state index contributed by atoms with van der Waals surface area (Å²) < 4.78 is 0. The monoisotopic (exact) mass is 292 g/mol. The topological polar surface area (TPSA) is 15.3 Å². The summed E-state index contributed by atoms with van der Waals surface area (Å²) in [5.41, 5.74) is 1.21. The van der Waals surface area contributed by atoms with Gasteiger partial charge in [0, 0.05) is 47.5 Å². The fourth-order valence-corrected chi connectivity index (χ4v) is 3.59. The van der Waals surface area contributed by atoms with Gasteiger partial charge in [0.15, 0.2) is 0 Å². The second-order valence-corrected chi connectivity index (χ2v) is 6.41. The van der Waals surface area contributed by atoms with Crippen molar-refractivity contribution in [1.29, 1.82) is 0 Å². The van der Waals surface area contributed by atoms with Crippen LogP contribution >= 0.6 is 22.9 Å². The number of nitrogens with one attached hydrogen (secondary N) is 1. The first-order chi connectivity index (χ1) is 9.31. The lowest BCUT2D eigenvalue weighted by Crippen LogP contribution is -2.42. The molecule has 0 aliphatic carbocycles. The van der Waals surface area contributed by atoms with Crippen LogP contribution in [0, 0.1) is 0 Å². The van der Waals surface area contributed by atoms with Crippen LogP contribution in [0.15, 0.2) is 36.4 Å². The summed E-state index contributed by atoms with van der Waals surface area (Å²) in [5, 5.41) is 4.19. The van der Waals surface area contributed by atoms with E-state index in [4.69, 9.17) is 11.6 Å². The zero-order valence-corrected chi connectivity index (χ0v) is 12.3. The lowest BCUT2D eigenvalue weighted by atomic mass is 10.2. The highest BCUT2D eigenvalue weighted by Crippen LogP contribution is 2.30. The largest absolute Gasteiger partial charge is 0.314 e. The minimum Gasteiger partial charge on any atom is -0.314 e. The third-order valence-corrected chi connectivity index (χ3v) is 4.71. The fourth-order valence-electron chi connectivity index (χ4n) is 2.35. The molecule has 100 valence electrons. The predicted molar refractivity (Wildman–Crippen MR) is 82.9 cm³/mol. The number of halogens is 1. The SMILES string of the molecule is Clc1cccc(-c2ccc(CN3CCNCC3)s2)c1. The molecule has 1 fully saturated rings. The molecule has 0 spiro atoms. The molecule has 3 rings (SSSR count). The van der Waals surface area contributed by atoms with Gasteiger partial charge in [-0.25, -0.2) is 0 Å². The van der Waals surface area contributed by atoms with E-state index in [1.165, 1.54) is 15.3 Å². The average Bonchev–Trinajstić information content (AvgIpc) is 2.88. The van der Waals surface area contributed by atoms with Crippen molar-refractivity contribution in [1.82, 2.24) is 10.2 Å². The van der Waals surface area contributed by atoms with Crippen LogP contribution in [0.3, 0.4) is 0 Å². The minimum absolute atomic E-state index is 0.801. The maximum Gasteiger partial charge on any atom is 0.0412 e. The second-order valence-electron chi connectivity index (χ2n) is 4.80. The highest BCUT2D eigenvalue weighted by atomic mass is 35.5. The predicted octanol–water partition coefficient (Wildman–Crippen LogP) is 3.47. The van der Waals surface area contributed by atoms with Crippen molar-refractivity contribution >= 4 is 22.9 Å². The van der Waals surface area contributed by atoms with E-state index in [2.05, 4.69) is 28.4 Å². The Bertz CT molecular complexity index is 547. The molecule has 1 aliphatic rings. The normalized spacial score (nSPS) is 16.7. The van der Waals surface area contributed by atoms with Gasteiger partial charge in [0.1, 0.15) is 0 Å². The van der Waals surface area contributed by atoms with Crippen molar-refractivity contribution in [3.63, 3.8) is 0 Å². The Balaban J connectivity index is 1.72. The van der Waals surface area contributed by atoms with Gasteiger partial charge in [-0.05, 0) is 29.8 Å². The van der Waals surface area contributed by atoms with Crippen molar-refractivity contribution in [2.75, 3.05) is 26.2 Å². The highest BCUT2D eigenvalue weighted by molar-refractivity contribution is 7.15. The summed E-state index contributed by atoms with van der Waals surface area (Å²) >= 11 is 7.91. The van der Waals surface area contributed by atoms with Crippen molar-refractivity contribution in [3.8, 4) is 10.4 Å². The van der Waals surface area contributed by atoms with E-state index in [0.29, 0.717) is 0 Å². The number of piperazine rings is 1. The van der Waals surface area contributed by atoms with Crippen LogP contribution in [-0.4, -0.2) is 31.1 Å². The minimum atomic E-state index is 0.801. The first kappa shape index (κ1) is 13.1. The molecule has 0 atom stereocenters. The molecule has 1 saturated heterocycles. The van der Waals surface area contributed by atoms with Crippen molar-refractivity contribution in [2.24, 2.45) is 0 Å². The van der Waals surface area contributed by atoms with Crippen LogP contribution in [0.4, 0.5) is 0 Å². The van der Waals surface area contributed by atoms with Crippen molar-refractivity contribution < 1.29 is 0 Å². The van der Waals surface area contributed by atoms with Gasteiger partial charge in [0.2, 0.25) is 0 Å². The summed E-state index contributed by atoms with van der Waals surface area (Å²) in [7, 11) is 0. The number of rotatable bonds is 3. The Labute approximate surface area is 123 Å². The first-order valence-corrected chi connectivity index (χ1v) is 7.78. The van der Waals surface area contributed by atoms with E-state index in [9.17, 15) is 0 Å². The van der Waals surface area contributed by atoms with Gasteiger partial charge in [-0.2, -0.15) is 0 Å². The van der Waals surface area contributed by atoms with E-state index in [1.54, 1.807) is 0 Å². The molecule has 1 N–H and O–H groups in total. The van der Waals surface area contributed by atoms with E-state index >= 15 is 0 Å². The Hall–Kier alpha value is -0.870. The van der Waals surface area contributed by atoms with E-state index < -0.39 is 0 Å². The van der Waals surface area contributed by atoms with E-state index in [1.807, 2.05) is 29.5 Å². The smallest absolute Gasteiger partial charge is 0.0412 e. The molecular weight excluding hydrogens is 276 g/mol. The molecule has 1 aromatic heterocycles. The zero-order valence-electron chi connectivity index (χ0n) is 10.7. The summed E-state index contributed by atoms with van der Waals surface area (Å²) in [5.74, 6) is 0. The highest BCUT2D eigenvalue weighted by Gasteiger charge is 2.11. The molecule has 0 amide bonds. The van der Waals surface area contributed by atoms with Gasteiger partial charge < -0.3 is 5.32 Å². The van der Waals surface area contributed by atoms with Gasteiger partial charge in [0.25, 0.3) is 0 Å². The van der Waals surface area contributed by atoms with Gasteiger partial charge in [0.05, 0.1) is 0 Å². The van der Waals surface area contributed by atoms with Gasteiger partial charge in [-0.1, -0.05) is 23.7 Å². The molecule has 19 heavy (non-hydrogen) atoms. The van der Waals surface area contributed by atoms with E-state index in [-0.39, 0.29) is 0 Å². The number of nitrogens with zero attached hydrogens (tertiary/aromatic N) is 1. The maximum absolute atomic E-state index is 6.05. The third-order valence-electron chi connectivity index (χ3n) is 3.36. The zero-order chi connectivity index (χ0) is 13.1. The third kappa shape index (κ3) is 3.37. The molecule has 1 aliphatic heterocycles. The van der Waals surface area contributed by atoms with Gasteiger partial charge >= 0.3 is 0 Å². The first-order valence-electron chi connectivity index (χ1n) is 6.59. The Morgan fingerprint density at radius 3 is 2.79 bits per heavy atom. The Morgan fingerprint density at radius 2 is 2.00 bits per heavy atom. The number of thiophene rings is 1. The molecular formula is C15H17ClN2S. The molecule has 1 aromatic carbocycles. The summed E-state index contributed by atoms with van der Waals surface area (Å²) in [6, 6.07) is 12.5. The van der Waals surface area contributed by atoms with Gasteiger partial charge in [-0.15, -0.1) is 11.3 Å². The summed E-state index contributed by atoms with van der Waals surface area (Å²) in [6.07, 6.45) is 0. The van der Waals surface area contributed by atoms with Crippen molar-refractivity contribution in [3.05, 3.63) is 46.3 Å². The summed E-state index contributed by atoms with van der Waals surface area (Å²) in [4.78, 5) is 5.23. The molecule has 0 unspecified atom stereocenters. The van der Waals surface area contributed by atoms with Crippen LogP contribution in [0.25, 0.3) is 10.4 Å². The maximum atomic E-state index is 6.05. The Kier molecular flexibility index (Phi) is 4.18. The van der Waals surface area contributed by atoms with Gasteiger partial charge in [-0.3, -0.25) is 4.90 Å². The average molecular weight is 293 g/mol.